The molecule has 0 saturated heterocycles. The van der Waals surface area contributed by atoms with Crippen molar-refractivity contribution >= 4 is 44.8 Å². The lowest BCUT2D eigenvalue weighted by Crippen LogP contribution is -2.38. The SMILES string of the molecule is CCOc1cc(C(CS(C)(=O)=O)N2C(=O)c3cccc(NC(=O)C(Cl)N(C)C)c3C2=O)ccc1OC. The van der Waals surface area contributed by atoms with Gasteiger partial charge in [0.2, 0.25) is 0 Å². The van der Waals surface area contributed by atoms with Crippen molar-refractivity contribution in [2.24, 2.45) is 0 Å². The first kappa shape index (κ1) is 27.4. The first-order valence-corrected chi connectivity index (χ1v) is 13.5. The second-order valence-corrected chi connectivity index (χ2v) is 11.0. The van der Waals surface area contributed by atoms with Crippen LogP contribution in [0.25, 0.3) is 0 Å². The number of alkyl halides is 1. The minimum absolute atomic E-state index is 0.0319. The van der Waals surface area contributed by atoms with Gasteiger partial charge in [0.1, 0.15) is 9.84 Å². The molecule has 0 aliphatic carbocycles. The molecular formula is C24H28ClN3O7S. The Morgan fingerprint density at radius 3 is 2.42 bits per heavy atom. The van der Waals surface area contributed by atoms with Crippen LogP contribution in [-0.2, 0) is 14.6 Å². The van der Waals surface area contributed by atoms with Crippen molar-refractivity contribution in [2.45, 2.75) is 18.5 Å². The van der Waals surface area contributed by atoms with Gasteiger partial charge in [0.15, 0.2) is 17.0 Å². The van der Waals surface area contributed by atoms with E-state index in [1.807, 2.05) is 0 Å². The summed E-state index contributed by atoms with van der Waals surface area (Å²) in [5.41, 5.74) is -0.522. The van der Waals surface area contributed by atoms with E-state index in [9.17, 15) is 22.8 Å². The minimum atomic E-state index is -3.64. The lowest BCUT2D eigenvalue weighted by atomic mass is 10.1. The summed E-state index contributed by atoms with van der Waals surface area (Å²) in [6.07, 6.45) is 1.03. The monoisotopic (exact) mass is 537 g/mol. The largest absolute Gasteiger partial charge is 0.493 e. The second kappa shape index (κ2) is 10.9. The van der Waals surface area contributed by atoms with Crippen LogP contribution in [0.4, 0.5) is 5.69 Å². The first-order chi connectivity index (χ1) is 16.9. The average Bonchev–Trinajstić information content (AvgIpc) is 3.07. The number of fused-ring (bicyclic) bond motifs is 1. The van der Waals surface area contributed by atoms with Crippen molar-refractivity contribution in [1.82, 2.24) is 9.80 Å². The van der Waals surface area contributed by atoms with E-state index in [0.29, 0.717) is 23.7 Å². The van der Waals surface area contributed by atoms with E-state index < -0.39 is 44.9 Å². The number of nitrogens with one attached hydrogen (secondary N) is 1. The van der Waals surface area contributed by atoms with Gasteiger partial charge in [-0.25, -0.2) is 8.42 Å². The fourth-order valence-electron chi connectivity index (χ4n) is 3.89. The summed E-state index contributed by atoms with van der Waals surface area (Å²) < 4.78 is 35.6. The van der Waals surface area contributed by atoms with Gasteiger partial charge in [0, 0.05) is 6.26 Å². The molecule has 2 aromatic carbocycles. The fraction of sp³-hybridized carbons (Fsp3) is 0.375. The quantitative estimate of drug-likeness (QED) is 0.279. The summed E-state index contributed by atoms with van der Waals surface area (Å²) in [7, 11) is 1.05. The van der Waals surface area contributed by atoms with Crippen molar-refractivity contribution in [3.63, 3.8) is 0 Å². The molecule has 0 aromatic heterocycles. The highest BCUT2D eigenvalue weighted by molar-refractivity contribution is 7.90. The number of hydrogen-bond donors (Lipinski definition) is 1. The lowest BCUT2D eigenvalue weighted by Gasteiger charge is -2.27. The first-order valence-electron chi connectivity index (χ1n) is 11.0. The topological polar surface area (TPSA) is 122 Å². The molecule has 0 radical (unpaired) electrons. The number of anilines is 1. The molecule has 0 fully saturated rings. The predicted molar refractivity (Wildman–Crippen MR) is 136 cm³/mol. The van der Waals surface area contributed by atoms with Crippen LogP contribution in [0.1, 0.15) is 39.2 Å². The van der Waals surface area contributed by atoms with Gasteiger partial charge in [-0.1, -0.05) is 23.7 Å². The maximum atomic E-state index is 13.6. The van der Waals surface area contributed by atoms with Crippen molar-refractivity contribution in [3.05, 3.63) is 53.1 Å². The summed E-state index contributed by atoms with van der Waals surface area (Å²) in [4.78, 5) is 41.9. The molecule has 0 bridgehead atoms. The third-order valence-electron chi connectivity index (χ3n) is 5.52. The van der Waals surface area contributed by atoms with E-state index in [0.717, 1.165) is 11.2 Å². The van der Waals surface area contributed by atoms with Gasteiger partial charge in [0.25, 0.3) is 17.7 Å². The van der Waals surface area contributed by atoms with Gasteiger partial charge in [-0.05, 0) is 50.8 Å². The van der Waals surface area contributed by atoms with Gasteiger partial charge in [-0.3, -0.25) is 24.2 Å². The van der Waals surface area contributed by atoms with Crippen LogP contribution in [0, 0.1) is 0 Å². The number of carbonyl (C=O) groups excluding carboxylic acids is 3. The number of rotatable bonds is 10. The predicted octanol–water partition coefficient (Wildman–Crippen LogP) is 2.54. The summed E-state index contributed by atoms with van der Waals surface area (Å²) in [5.74, 6) is -1.74. The number of methoxy groups -OCH3 is 1. The van der Waals surface area contributed by atoms with E-state index in [1.165, 1.54) is 30.2 Å². The Morgan fingerprint density at radius 2 is 1.83 bits per heavy atom. The summed E-state index contributed by atoms with van der Waals surface area (Å²) >= 11 is 6.09. The Morgan fingerprint density at radius 1 is 1.14 bits per heavy atom. The zero-order valence-electron chi connectivity index (χ0n) is 20.6. The molecule has 0 spiro atoms. The van der Waals surface area contributed by atoms with E-state index in [4.69, 9.17) is 21.1 Å². The second-order valence-electron chi connectivity index (χ2n) is 8.45. The fourth-order valence-corrected chi connectivity index (χ4v) is 4.86. The van der Waals surface area contributed by atoms with Crippen LogP contribution in [0.2, 0.25) is 0 Å². The molecule has 1 aliphatic heterocycles. The standard InChI is InChI=1S/C24H28ClN3O7S/c1-6-35-19-12-14(10-11-18(19)34-4)17(13-36(5,32)33)28-23(30)15-8-7-9-16(20(15)24(28)31)26-22(29)21(25)27(2)3/h7-12,17,21H,6,13H2,1-5H3,(H,26,29). The number of carbonyl (C=O) groups is 3. The third-order valence-corrected chi connectivity index (χ3v) is 7.03. The van der Waals surface area contributed by atoms with Gasteiger partial charge in [-0.2, -0.15) is 0 Å². The van der Waals surface area contributed by atoms with Crippen LogP contribution < -0.4 is 14.8 Å². The van der Waals surface area contributed by atoms with Gasteiger partial charge in [-0.15, -0.1) is 0 Å². The van der Waals surface area contributed by atoms with Gasteiger partial charge < -0.3 is 14.8 Å². The van der Waals surface area contributed by atoms with Crippen molar-refractivity contribution in [1.29, 1.82) is 0 Å². The number of amides is 3. The maximum Gasteiger partial charge on any atom is 0.264 e. The average molecular weight is 538 g/mol. The molecule has 10 nitrogen and oxygen atoms in total. The van der Waals surface area contributed by atoms with E-state index in [1.54, 1.807) is 39.2 Å². The molecule has 2 unspecified atom stereocenters. The van der Waals surface area contributed by atoms with Crippen LogP contribution in [0.5, 0.6) is 11.5 Å². The molecule has 2 atom stereocenters. The molecule has 2 aromatic rings. The molecule has 12 heteroatoms. The third kappa shape index (κ3) is 5.63. The number of ether oxygens (including phenoxy) is 2. The van der Waals surface area contributed by atoms with Crippen molar-refractivity contribution in [3.8, 4) is 11.5 Å². The normalized spacial score (nSPS) is 15.0. The Kier molecular flexibility index (Phi) is 8.27. The number of hydrogen-bond acceptors (Lipinski definition) is 8. The molecule has 1 N–H and O–H groups in total. The molecule has 194 valence electrons. The number of nitrogens with zero attached hydrogens (tertiary/aromatic N) is 2. The van der Waals surface area contributed by atoms with E-state index in [2.05, 4.69) is 5.32 Å². The molecule has 3 rings (SSSR count). The minimum Gasteiger partial charge on any atom is -0.493 e. The molecule has 3 amide bonds. The highest BCUT2D eigenvalue weighted by Crippen LogP contribution is 2.38. The zero-order chi connectivity index (χ0) is 26.8. The molecule has 1 heterocycles. The van der Waals surface area contributed by atoms with Crippen LogP contribution in [-0.4, -0.2) is 81.3 Å². The molecule has 36 heavy (non-hydrogen) atoms. The highest BCUT2D eigenvalue weighted by Gasteiger charge is 2.43. The molecular weight excluding hydrogens is 510 g/mol. The number of benzene rings is 2. The molecule has 0 saturated carbocycles. The van der Waals surface area contributed by atoms with Crippen LogP contribution in [0.3, 0.4) is 0 Å². The summed E-state index contributed by atoms with van der Waals surface area (Å²) in [5, 5.41) is 2.60. The smallest absolute Gasteiger partial charge is 0.264 e. The Balaban J connectivity index is 2.08. The van der Waals surface area contributed by atoms with Gasteiger partial charge in [0.05, 0.1) is 42.3 Å². The van der Waals surface area contributed by atoms with Gasteiger partial charge >= 0.3 is 0 Å². The Bertz CT molecular complexity index is 1300. The van der Waals surface area contributed by atoms with Crippen molar-refractivity contribution < 1.29 is 32.3 Å². The zero-order valence-corrected chi connectivity index (χ0v) is 22.1. The van der Waals surface area contributed by atoms with E-state index in [-0.39, 0.29) is 16.8 Å². The number of likely N-dealkylation sites (N-methyl/N-ethyl adjacent to an activating group) is 1. The number of halogens is 1. The highest BCUT2D eigenvalue weighted by atomic mass is 35.5. The number of imide groups is 1. The Labute approximate surface area is 215 Å². The summed E-state index contributed by atoms with van der Waals surface area (Å²) in [6.45, 7) is 2.10. The van der Waals surface area contributed by atoms with Crippen LogP contribution in [0.15, 0.2) is 36.4 Å². The van der Waals surface area contributed by atoms with E-state index >= 15 is 0 Å². The molecule has 1 aliphatic rings. The lowest BCUT2D eigenvalue weighted by molar-refractivity contribution is -0.118. The van der Waals surface area contributed by atoms with Crippen molar-refractivity contribution in [2.75, 3.05) is 45.1 Å². The summed E-state index contributed by atoms with van der Waals surface area (Å²) in [6, 6.07) is 8.03. The van der Waals surface area contributed by atoms with Crippen LogP contribution >= 0.6 is 11.6 Å². The maximum absolute atomic E-state index is 13.6. The Hall–Kier alpha value is -3.15. The number of sulfone groups is 1.